The zero-order valence-electron chi connectivity index (χ0n) is 12.0. The summed E-state index contributed by atoms with van der Waals surface area (Å²) in [5.41, 5.74) is 7.86. The molecule has 0 amide bonds. The van der Waals surface area contributed by atoms with Crippen LogP contribution in [0.4, 0.5) is 5.69 Å². The van der Waals surface area contributed by atoms with Gasteiger partial charge in [-0.2, -0.15) is 0 Å². The van der Waals surface area contributed by atoms with E-state index >= 15 is 0 Å². The summed E-state index contributed by atoms with van der Waals surface area (Å²) in [6.45, 7) is 2.25. The van der Waals surface area contributed by atoms with Crippen LogP contribution in [0.1, 0.15) is 24.5 Å². The Morgan fingerprint density at radius 2 is 1.62 bits per heavy atom. The van der Waals surface area contributed by atoms with Gasteiger partial charge in [-0.15, -0.1) is 0 Å². The molecule has 2 aromatic rings. The number of hydrogen-bond acceptors (Lipinski definition) is 3. The van der Waals surface area contributed by atoms with Gasteiger partial charge in [-0.1, -0.05) is 49.7 Å². The van der Waals surface area contributed by atoms with Gasteiger partial charge in [0.2, 0.25) is 0 Å². The Morgan fingerprint density at radius 1 is 1.00 bits per heavy atom. The summed E-state index contributed by atoms with van der Waals surface area (Å²) in [6.07, 6.45) is 1.79. The van der Waals surface area contributed by atoms with Crippen LogP contribution in [0.3, 0.4) is 0 Å². The second-order valence-corrected chi connectivity index (χ2v) is 6.48. The van der Waals surface area contributed by atoms with Crippen molar-refractivity contribution in [1.29, 1.82) is 0 Å². The fourth-order valence-corrected chi connectivity index (χ4v) is 3.59. The van der Waals surface area contributed by atoms with Crippen molar-refractivity contribution >= 4 is 15.7 Å². The summed E-state index contributed by atoms with van der Waals surface area (Å²) in [6, 6.07) is 14.3. The maximum Gasteiger partial charge on any atom is 0.262 e. The number of benzene rings is 2. The Kier molecular flexibility index (Phi) is 4.98. The second kappa shape index (κ2) is 6.74. The highest BCUT2D eigenvalue weighted by molar-refractivity contribution is 7.92. The van der Waals surface area contributed by atoms with Crippen LogP contribution < -0.4 is 10.5 Å². The third kappa shape index (κ3) is 3.62. The zero-order valence-corrected chi connectivity index (χ0v) is 12.9. The first kappa shape index (κ1) is 15.5. The lowest BCUT2D eigenvalue weighted by Gasteiger charge is -2.14. The number of hydrogen-bond donors (Lipinski definition) is 2. The molecule has 3 N–H and O–H groups in total. The van der Waals surface area contributed by atoms with E-state index in [2.05, 4.69) is 11.6 Å². The van der Waals surface area contributed by atoms with Crippen molar-refractivity contribution in [3.63, 3.8) is 0 Å². The average molecular weight is 304 g/mol. The number of nitrogens with two attached hydrogens (primary N) is 1. The predicted molar refractivity (Wildman–Crippen MR) is 85.6 cm³/mol. The van der Waals surface area contributed by atoms with E-state index in [0.29, 0.717) is 11.3 Å². The van der Waals surface area contributed by atoms with E-state index in [4.69, 9.17) is 5.73 Å². The molecule has 5 heteroatoms. The molecule has 0 bridgehead atoms. The van der Waals surface area contributed by atoms with Gasteiger partial charge in [-0.3, -0.25) is 4.72 Å². The maximum absolute atomic E-state index is 12.6. The summed E-state index contributed by atoms with van der Waals surface area (Å²) in [5.74, 6) is 0. The van der Waals surface area contributed by atoms with E-state index in [1.165, 1.54) is 0 Å². The van der Waals surface area contributed by atoms with Crippen LogP contribution >= 0.6 is 0 Å². The molecule has 0 radical (unpaired) electrons. The van der Waals surface area contributed by atoms with Crippen LogP contribution in [0, 0.1) is 0 Å². The number of rotatable bonds is 6. The number of sulfonamides is 1. The summed E-state index contributed by atoms with van der Waals surface area (Å²) in [7, 11) is -3.63. The topological polar surface area (TPSA) is 72.2 Å². The lowest BCUT2D eigenvalue weighted by molar-refractivity contribution is 0.600. The van der Waals surface area contributed by atoms with Crippen LogP contribution in [-0.2, 0) is 23.0 Å². The molecule has 0 aliphatic heterocycles. The Morgan fingerprint density at radius 3 is 2.29 bits per heavy atom. The summed E-state index contributed by atoms with van der Waals surface area (Å²) in [4.78, 5) is 0.235. The lowest BCUT2D eigenvalue weighted by atomic mass is 10.1. The van der Waals surface area contributed by atoms with Crippen molar-refractivity contribution in [3.05, 3.63) is 59.7 Å². The molecule has 0 spiro atoms. The van der Waals surface area contributed by atoms with Gasteiger partial charge < -0.3 is 5.73 Å². The average Bonchev–Trinajstić information content (AvgIpc) is 2.49. The Labute approximate surface area is 126 Å². The van der Waals surface area contributed by atoms with Crippen molar-refractivity contribution in [1.82, 2.24) is 0 Å². The monoisotopic (exact) mass is 304 g/mol. The van der Waals surface area contributed by atoms with Crippen molar-refractivity contribution in [2.24, 2.45) is 5.73 Å². The highest BCUT2D eigenvalue weighted by Gasteiger charge is 2.18. The van der Waals surface area contributed by atoms with Crippen LogP contribution in [0.2, 0.25) is 0 Å². The van der Waals surface area contributed by atoms with Gasteiger partial charge in [-0.25, -0.2) is 8.42 Å². The normalized spacial score (nSPS) is 11.3. The highest BCUT2D eigenvalue weighted by atomic mass is 32.2. The molecule has 0 atom stereocenters. The molecule has 112 valence electrons. The fraction of sp³-hybridized carbons (Fsp3) is 0.250. The van der Waals surface area contributed by atoms with E-state index in [-0.39, 0.29) is 11.4 Å². The minimum absolute atomic E-state index is 0.188. The predicted octanol–water partition coefficient (Wildman–Crippen LogP) is 2.90. The molecular formula is C16H20N2O2S. The van der Waals surface area contributed by atoms with Gasteiger partial charge in [0, 0.05) is 6.54 Å². The number of para-hydroxylation sites is 1. The van der Waals surface area contributed by atoms with E-state index in [9.17, 15) is 8.42 Å². The lowest BCUT2D eigenvalue weighted by Crippen LogP contribution is -2.17. The Balaban J connectivity index is 2.38. The molecule has 0 saturated carbocycles. The highest BCUT2D eigenvalue weighted by Crippen LogP contribution is 2.23. The van der Waals surface area contributed by atoms with Crippen molar-refractivity contribution in [2.45, 2.75) is 31.2 Å². The zero-order chi connectivity index (χ0) is 15.3. The summed E-state index contributed by atoms with van der Waals surface area (Å²) >= 11 is 0. The molecule has 4 nitrogen and oxygen atoms in total. The van der Waals surface area contributed by atoms with Gasteiger partial charge in [-0.05, 0) is 29.7 Å². The van der Waals surface area contributed by atoms with Gasteiger partial charge in [0.15, 0.2) is 0 Å². The minimum atomic E-state index is -3.63. The Bertz CT molecular complexity index is 712. The first-order chi connectivity index (χ1) is 10.1. The summed E-state index contributed by atoms with van der Waals surface area (Å²) < 4.78 is 27.8. The third-order valence-electron chi connectivity index (χ3n) is 3.26. The largest absolute Gasteiger partial charge is 0.326 e. The van der Waals surface area contributed by atoms with E-state index in [0.717, 1.165) is 18.4 Å². The van der Waals surface area contributed by atoms with Crippen molar-refractivity contribution in [3.8, 4) is 0 Å². The molecule has 0 aliphatic rings. The third-order valence-corrected chi connectivity index (χ3v) is 4.73. The standard InChI is InChI=1S/C16H20N2O2S/c1-2-7-13-8-3-5-10-15(13)18-21(19,20)16-11-6-4-9-14(16)12-17/h3-6,8-11,18H,2,7,12,17H2,1H3. The van der Waals surface area contributed by atoms with Crippen LogP contribution in [0.5, 0.6) is 0 Å². The van der Waals surface area contributed by atoms with Crippen LogP contribution in [-0.4, -0.2) is 8.42 Å². The van der Waals surface area contributed by atoms with Gasteiger partial charge in [0.1, 0.15) is 0 Å². The van der Waals surface area contributed by atoms with E-state index in [1.807, 2.05) is 18.2 Å². The smallest absolute Gasteiger partial charge is 0.262 e. The molecule has 0 saturated heterocycles. The van der Waals surface area contributed by atoms with Gasteiger partial charge in [0.05, 0.1) is 10.6 Å². The SMILES string of the molecule is CCCc1ccccc1NS(=O)(=O)c1ccccc1CN. The number of anilines is 1. The Hall–Kier alpha value is -1.85. The molecule has 0 unspecified atom stereocenters. The summed E-state index contributed by atoms with van der Waals surface area (Å²) in [5, 5.41) is 0. The minimum Gasteiger partial charge on any atom is -0.326 e. The molecule has 0 aliphatic carbocycles. The first-order valence-electron chi connectivity index (χ1n) is 6.97. The second-order valence-electron chi connectivity index (χ2n) is 4.82. The fourth-order valence-electron chi connectivity index (χ4n) is 2.24. The van der Waals surface area contributed by atoms with Crippen LogP contribution in [0.15, 0.2) is 53.4 Å². The molecule has 0 heterocycles. The van der Waals surface area contributed by atoms with Gasteiger partial charge in [0.25, 0.3) is 10.0 Å². The van der Waals surface area contributed by atoms with E-state index in [1.54, 1.807) is 30.3 Å². The molecule has 0 fully saturated rings. The molecule has 0 aromatic heterocycles. The first-order valence-corrected chi connectivity index (χ1v) is 8.45. The van der Waals surface area contributed by atoms with Gasteiger partial charge >= 0.3 is 0 Å². The molecular weight excluding hydrogens is 284 g/mol. The number of nitrogens with one attached hydrogen (secondary N) is 1. The maximum atomic E-state index is 12.6. The molecule has 21 heavy (non-hydrogen) atoms. The van der Waals surface area contributed by atoms with Crippen molar-refractivity contribution < 1.29 is 8.42 Å². The number of aryl methyl sites for hydroxylation is 1. The molecule has 2 aromatic carbocycles. The molecule has 2 rings (SSSR count). The van der Waals surface area contributed by atoms with Crippen LogP contribution in [0.25, 0.3) is 0 Å². The van der Waals surface area contributed by atoms with E-state index < -0.39 is 10.0 Å². The quantitative estimate of drug-likeness (QED) is 0.862. The van der Waals surface area contributed by atoms with Crippen molar-refractivity contribution in [2.75, 3.05) is 4.72 Å².